The molecule has 6 nitrogen and oxygen atoms in total. The highest BCUT2D eigenvalue weighted by atomic mass is 35.5. The van der Waals surface area contributed by atoms with Crippen LogP contribution in [0, 0.1) is 0 Å². The molecule has 0 saturated carbocycles. The van der Waals surface area contributed by atoms with E-state index in [1.807, 2.05) is 30.5 Å². The summed E-state index contributed by atoms with van der Waals surface area (Å²) in [7, 11) is 0. The number of fused-ring (bicyclic) bond motifs is 1. The van der Waals surface area contributed by atoms with E-state index in [0.717, 1.165) is 33.3 Å². The first-order chi connectivity index (χ1) is 14.1. The van der Waals surface area contributed by atoms with E-state index < -0.39 is 0 Å². The topological polar surface area (TPSA) is 79.6 Å². The second-order valence-corrected chi connectivity index (χ2v) is 7.56. The molecule has 1 aromatic carbocycles. The third kappa shape index (κ3) is 4.05. The van der Waals surface area contributed by atoms with E-state index >= 15 is 0 Å². The molecule has 29 heavy (non-hydrogen) atoms. The van der Waals surface area contributed by atoms with Crippen LogP contribution >= 0.6 is 23.2 Å². The molecule has 0 aliphatic heterocycles. The summed E-state index contributed by atoms with van der Waals surface area (Å²) in [6, 6.07) is 6.16. The Kier molecular flexibility index (Phi) is 5.67. The van der Waals surface area contributed by atoms with E-state index in [0.29, 0.717) is 16.6 Å². The van der Waals surface area contributed by atoms with Gasteiger partial charge in [0, 0.05) is 35.5 Å². The van der Waals surface area contributed by atoms with Gasteiger partial charge >= 0.3 is 0 Å². The Labute approximate surface area is 177 Å². The van der Waals surface area contributed by atoms with E-state index in [2.05, 4.69) is 33.3 Å². The van der Waals surface area contributed by atoms with E-state index in [1.165, 1.54) is 0 Å². The number of aliphatic hydroxyl groups is 1. The van der Waals surface area contributed by atoms with E-state index in [4.69, 9.17) is 28.3 Å². The van der Waals surface area contributed by atoms with Gasteiger partial charge in [-0.1, -0.05) is 36.2 Å². The molecule has 4 aromatic rings. The highest BCUT2D eigenvalue weighted by Gasteiger charge is 2.17. The second-order valence-electron chi connectivity index (χ2n) is 6.75. The Morgan fingerprint density at radius 2 is 1.97 bits per heavy atom. The average Bonchev–Trinajstić information content (AvgIpc) is 3.32. The van der Waals surface area contributed by atoms with Crippen molar-refractivity contribution >= 4 is 46.3 Å². The zero-order valence-corrected chi connectivity index (χ0v) is 17.2. The van der Waals surface area contributed by atoms with Gasteiger partial charge in [-0.2, -0.15) is 10.2 Å². The van der Waals surface area contributed by atoms with Crippen molar-refractivity contribution in [3.63, 3.8) is 0 Å². The smallest absolute Gasteiger partial charge is 0.0927 e. The standard InChI is InChI=1S/C21H19Cl2N5O/c1-13(21-17(22)10-24-11-18(21)23)15-3-5-20-16(8-15)19(26-27-20)4-2-14-9-25-28(12-14)6-7-29/h2-5,8-13,29H,6-7H2,1H3,(H,26,27)/b4-2+/t13-/m1/s1. The molecule has 2 N–H and O–H groups in total. The van der Waals surface area contributed by atoms with Crippen molar-refractivity contribution < 1.29 is 5.11 Å². The number of aliphatic hydroxyl groups excluding tert-OH is 1. The minimum absolute atomic E-state index is 0.00541. The number of rotatable bonds is 6. The molecule has 3 heterocycles. The van der Waals surface area contributed by atoms with Gasteiger partial charge in [0.15, 0.2) is 0 Å². The summed E-state index contributed by atoms with van der Waals surface area (Å²) in [6.07, 6.45) is 10.7. The van der Waals surface area contributed by atoms with Crippen molar-refractivity contribution in [3.8, 4) is 0 Å². The molecule has 1 atom stereocenters. The number of H-pyrrole nitrogens is 1. The molecule has 0 unspecified atom stereocenters. The summed E-state index contributed by atoms with van der Waals surface area (Å²) in [4.78, 5) is 4.03. The molecule has 0 bridgehead atoms. The Bertz CT molecular complexity index is 1160. The zero-order chi connectivity index (χ0) is 20.4. The average molecular weight is 428 g/mol. The van der Waals surface area contributed by atoms with Crippen LogP contribution in [-0.2, 0) is 6.54 Å². The number of benzene rings is 1. The molecule has 8 heteroatoms. The second kappa shape index (κ2) is 8.37. The largest absolute Gasteiger partial charge is 0.394 e. The van der Waals surface area contributed by atoms with Crippen molar-refractivity contribution in [2.24, 2.45) is 0 Å². The number of hydrogen-bond donors (Lipinski definition) is 2. The van der Waals surface area contributed by atoms with Gasteiger partial charge in [-0.25, -0.2) is 0 Å². The van der Waals surface area contributed by atoms with Crippen LogP contribution in [0.3, 0.4) is 0 Å². The molecule has 0 fully saturated rings. The van der Waals surface area contributed by atoms with Crippen LogP contribution in [0.25, 0.3) is 23.1 Å². The predicted octanol–water partition coefficient (Wildman–Crippen LogP) is 4.78. The number of nitrogens with zero attached hydrogens (tertiary/aromatic N) is 4. The van der Waals surface area contributed by atoms with Gasteiger partial charge in [-0.15, -0.1) is 0 Å². The molecule has 4 rings (SSSR count). The van der Waals surface area contributed by atoms with Gasteiger partial charge in [0.2, 0.25) is 0 Å². The van der Waals surface area contributed by atoms with Crippen molar-refractivity contribution in [1.29, 1.82) is 0 Å². The molecular formula is C21H19Cl2N5O. The van der Waals surface area contributed by atoms with E-state index in [-0.39, 0.29) is 12.5 Å². The van der Waals surface area contributed by atoms with Crippen molar-refractivity contribution in [2.75, 3.05) is 6.61 Å². The van der Waals surface area contributed by atoms with Crippen molar-refractivity contribution in [1.82, 2.24) is 25.0 Å². The van der Waals surface area contributed by atoms with Gasteiger partial charge in [0.1, 0.15) is 0 Å². The quantitative estimate of drug-likeness (QED) is 0.464. The maximum atomic E-state index is 9.00. The SMILES string of the molecule is C[C@H](c1ccc2[nH]nc(/C=C/c3cnn(CCO)c3)c2c1)c1c(Cl)cncc1Cl. The number of aromatic nitrogens is 5. The van der Waals surface area contributed by atoms with Gasteiger partial charge in [-0.3, -0.25) is 14.8 Å². The predicted molar refractivity (Wildman–Crippen MR) is 116 cm³/mol. The Morgan fingerprint density at radius 1 is 1.17 bits per heavy atom. The van der Waals surface area contributed by atoms with Gasteiger partial charge in [0.25, 0.3) is 0 Å². The first-order valence-corrected chi connectivity index (χ1v) is 9.90. The Hall–Kier alpha value is -2.67. The number of nitrogens with one attached hydrogen (secondary N) is 1. The summed E-state index contributed by atoms with van der Waals surface area (Å²) in [5.74, 6) is 0.00541. The maximum Gasteiger partial charge on any atom is 0.0927 e. The number of pyridine rings is 1. The lowest BCUT2D eigenvalue weighted by atomic mass is 9.92. The number of hydrogen-bond acceptors (Lipinski definition) is 4. The summed E-state index contributed by atoms with van der Waals surface area (Å²) in [6.45, 7) is 2.60. The third-order valence-corrected chi connectivity index (χ3v) is 5.46. The Morgan fingerprint density at radius 3 is 2.72 bits per heavy atom. The summed E-state index contributed by atoms with van der Waals surface area (Å²) < 4.78 is 1.70. The van der Waals surface area contributed by atoms with Crippen LogP contribution in [0.1, 0.15) is 35.2 Å². The highest BCUT2D eigenvalue weighted by Crippen LogP contribution is 2.35. The van der Waals surface area contributed by atoms with Crippen LogP contribution in [0.5, 0.6) is 0 Å². The fourth-order valence-corrected chi connectivity index (χ4v) is 4.01. The molecule has 0 spiro atoms. The lowest BCUT2D eigenvalue weighted by molar-refractivity contribution is 0.269. The number of aromatic amines is 1. The van der Waals surface area contributed by atoms with E-state index in [9.17, 15) is 0 Å². The van der Waals surface area contributed by atoms with Crippen molar-refractivity contribution in [3.05, 3.63) is 75.4 Å². The zero-order valence-electron chi connectivity index (χ0n) is 15.7. The monoisotopic (exact) mass is 427 g/mol. The summed E-state index contributed by atoms with van der Waals surface area (Å²) in [5, 5.41) is 22.8. The molecular weight excluding hydrogens is 409 g/mol. The van der Waals surface area contributed by atoms with Crippen LogP contribution in [0.4, 0.5) is 0 Å². The summed E-state index contributed by atoms with van der Waals surface area (Å²) >= 11 is 12.7. The minimum Gasteiger partial charge on any atom is -0.394 e. The van der Waals surface area contributed by atoms with Crippen molar-refractivity contribution in [2.45, 2.75) is 19.4 Å². The summed E-state index contributed by atoms with van der Waals surface area (Å²) in [5.41, 5.74) is 4.66. The number of halogens is 2. The molecule has 148 valence electrons. The maximum absolute atomic E-state index is 9.00. The molecule has 0 amide bonds. The molecule has 0 radical (unpaired) electrons. The highest BCUT2D eigenvalue weighted by molar-refractivity contribution is 6.35. The normalized spacial score (nSPS) is 12.8. The van der Waals surface area contributed by atoms with Crippen LogP contribution < -0.4 is 0 Å². The third-order valence-electron chi connectivity index (χ3n) is 4.86. The van der Waals surface area contributed by atoms with E-state index in [1.54, 1.807) is 23.3 Å². The molecule has 3 aromatic heterocycles. The first kappa shape index (κ1) is 19.6. The lowest BCUT2D eigenvalue weighted by Crippen LogP contribution is -2.01. The molecule has 0 aliphatic carbocycles. The molecule has 0 aliphatic rings. The fraction of sp³-hybridized carbons (Fsp3) is 0.190. The minimum atomic E-state index is 0.00541. The van der Waals surface area contributed by atoms with Gasteiger partial charge < -0.3 is 5.11 Å². The van der Waals surface area contributed by atoms with Gasteiger partial charge in [0.05, 0.1) is 40.6 Å². The van der Waals surface area contributed by atoms with Gasteiger partial charge in [-0.05, 0) is 35.4 Å². The lowest BCUT2D eigenvalue weighted by Gasteiger charge is -2.15. The Balaban J connectivity index is 1.66. The fourth-order valence-electron chi connectivity index (χ4n) is 3.32. The first-order valence-electron chi connectivity index (χ1n) is 9.15. The van der Waals surface area contributed by atoms with Crippen LogP contribution in [0.2, 0.25) is 10.0 Å². The molecule has 0 saturated heterocycles. The van der Waals surface area contributed by atoms with Crippen LogP contribution in [0.15, 0.2) is 43.0 Å². The van der Waals surface area contributed by atoms with Crippen LogP contribution in [-0.4, -0.2) is 36.7 Å².